The summed E-state index contributed by atoms with van der Waals surface area (Å²) in [6, 6.07) is 7.68. The van der Waals surface area contributed by atoms with Gasteiger partial charge in [0.25, 0.3) is 0 Å². The quantitative estimate of drug-likeness (QED) is 0.759. The predicted octanol–water partition coefficient (Wildman–Crippen LogP) is 1.28. The number of carbonyl (C=O) groups excluding carboxylic acids is 1. The summed E-state index contributed by atoms with van der Waals surface area (Å²) in [5.74, 6) is -0.0717. The molecule has 1 aliphatic heterocycles. The van der Waals surface area contributed by atoms with Gasteiger partial charge in [-0.15, -0.1) is 0 Å². The average molecular weight is 278 g/mol. The molecule has 2 rings (SSSR count). The summed E-state index contributed by atoms with van der Waals surface area (Å²) in [6.07, 6.45) is 1.36. The number of benzene rings is 1. The van der Waals surface area contributed by atoms with E-state index < -0.39 is 5.60 Å². The highest BCUT2D eigenvalue weighted by Crippen LogP contribution is 2.19. The van der Waals surface area contributed by atoms with Crippen molar-refractivity contribution in [2.24, 2.45) is 0 Å². The molecule has 3 N–H and O–H groups in total. The zero-order chi connectivity index (χ0) is 14.4. The molecule has 5 heteroatoms. The molecule has 0 aromatic heterocycles. The van der Waals surface area contributed by atoms with Gasteiger partial charge in [0.05, 0.1) is 5.60 Å². The highest BCUT2D eigenvalue weighted by atomic mass is 16.5. The Hall–Kier alpha value is -1.43. The third kappa shape index (κ3) is 4.59. The van der Waals surface area contributed by atoms with Gasteiger partial charge in [-0.1, -0.05) is 12.1 Å². The molecule has 1 amide bonds. The Morgan fingerprint density at radius 1 is 1.30 bits per heavy atom. The van der Waals surface area contributed by atoms with E-state index in [2.05, 4.69) is 10.6 Å². The highest BCUT2D eigenvalue weighted by molar-refractivity contribution is 5.88. The van der Waals surface area contributed by atoms with E-state index in [1.165, 1.54) is 6.92 Å². The maximum atomic E-state index is 10.9. The van der Waals surface area contributed by atoms with Crippen LogP contribution in [0, 0.1) is 0 Å². The van der Waals surface area contributed by atoms with E-state index in [1.54, 1.807) is 0 Å². The molecule has 110 valence electrons. The second-order valence-corrected chi connectivity index (χ2v) is 5.32. The van der Waals surface area contributed by atoms with E-state index in [9.17, 15) is 9.90 Å². The summed E-state index contributed by atoms with van der Waals surface area (Å²) >= 11 is 0. The van der Waals surface area contributed by atoms with Gasteiger partial charge in [0, 0.05) is 51.8 Å². The van der Waals surface area contributed by atoms with Gasteiger partial charge in [0.1, 0.15) is 0 Å². The molecule has 1 aromatic carbocycles. The fourth-order valence-corrected chi connectivity index (χ4v) is 2.28. The first-order chi connectivity index (χ1) is 9.57. The molecule has 1 fully saturated rings. The van der Waals surface area contributed by atoms with E-state index in [4.69, 9.17) is 4.74 Å². The molecule has 5 nitrogen and oxygen atoms in total. The predicted molar refractivity (Wildman–Crippen MR) is 77.5 cm³/mol. The zero-order valence-corrected chi connectivity index (χ0v) is 11.8. The van der Waals surface area contributed by atoms with E-state index in [0.29, 0.717) is 39.1 Å². The summed E-state index contributed by atoms with van der Waals surface area (Å²) in [5, 5.41) is 16.3. The van der Waals surface area contributed by atoms with Gasteiger partial charge in [0.2, 0.25) is 5.91 Å². The molecule has 1 aromatic rings. The molecule has 0 saturated carbocycles. The van der Waals surface area contributed by atoms with Crippen LogP contribution >= 0.6 is 0 Å². The van der Waals surface area contributed by atoms with Crippen LogP contribution < -0.4 is 10.6 Å². The summed E-state index contributed by atoms with van der Waals surface area (Å²) in [6.45, 7) is 4.02. The monoisotopic (exact) mass is 278 g/mol. The Morgan fingerprint density at radius 3 is 2.55 bits per heavy atom. The fraction of sp³-hybridized carbons (Fsp3) is 0.533. The van der Waals surface area contributed by atoms with E-state index in [-0.39, 0.29) is 5.91 Å². The van der Waals surface area contributed by atoms with Crippen molar-refractivity contribution in [1.29, 1.82) is 0 Å². The van der Waals surface area contributed by atoms with Crippen molar-refractivity contribution < 1.29 is 14.6 Å². The number of hydrogen-bond acceptors (Lipinski definition) is 4. The van der Waals surface area contributed by atoms with Crippen molar-refractivity contribution in [3.63, 3.8) is 0 Å². The van der Waals surface area contributed by atoms with Crippen molar-refractivity contribution in [3.05, 3.63) is 29.8 Å². The lowest BCUT2D eigenvalue weighted by atomic mass is 9.94. The van der Waals surface area contributed by atoms with Crippen LogP contribution in [0.1, 0.15) is 25.3 Å². The van der Waals surface area contributed by atoms with Crippen molar-refractivity contribution >= 4 is 11.6 Å². The van der Waals surface area contributed by atoms with Crippen LogP contribution in [0.4, 0.5) is 5.69 Å². The summed E-state index contributed by atoms with van der Waals surface area (Å²) in [5.41, 5.74) is 1.27. The second kappa shape index (κ2) is 6.83. The average Bonchev–Trinajstić information content (AvgIpc) is 2.41. The van der Waals surface area contributed by atoms with Crippen molar-refractivity contribution in [2.75, 3.05) is 25.1 Å². The molecule has 0 bridgehead atoms. The first kappa shape index (κ1) is 15.0. The Bertz CT molecular complexity index is 439. The fourth-order valence-electron chi connectivity index (χ4n) is 2.28. The molecular weight excluding hydrogens is 256 g/mol. The number of carbonyl (C=O) groups is 1. The van der Waals surface area contributed by atoms with Crippen LogP contribution in [0.25, 0.3) is 0 Å². The highest BCUT2D eigenvalue weighted by Gasteiger charge is 2.28. The van der Waals surface area contributed by atoms with Gasteiger partial charge in [-0.05, 0) is 17.7 Å². The van der Waals surface area contributed by atoms with Gasteiger partial charge in [-0.3, -0.25) is 4.79 Å². The molecule has 1 aliphatic rings. The second-order valence-electron chi connectivity index (χ2n) is 5.32. The minimum Gasteiger partial charge on any atom is -0.388 e. The summed E-state index contributed by atoms with van der Waals surface area (Å²) < 4.78 is 5.25. The van der Waals surface area contributed by atoms with Gasteiger partial charge in [0.15, 0.2) is 0 Å². The molecule has 0 radical (unpaired) electrons. The molecule has 1 heterocycles. The van der Waals surface area contributed by atoms with Gasteiger partial charge >= 0.3 is 0 Å². The number of rotatable bonds is 5. The maximum Gasteiger partial charge on any atom is 0.221 e. The van der Waals surface area contributed by atoms with Gasteiger partial charge in [-0.2, -0.15) is 0 Å². The van der Waals surface area contributed by atoms with Crippen LogP contribution in [-0.2, 0) is 16.1 Å². The maximum absolute atomic E-state index is 10.9. The van der Waals surface area contributed by atoms with E-state index in [1.807, 2.05) is 24.3 Å². The Balaban J connectivity index is 1.77. The minimum absolute atomic E-state index is 0.0717. The van der Waals surface area contributed by atoms with Crippen LogP contribution in [0.15, 0.2) is 24.3 Å². The lowest BCUT2D eigenvalue weighted by Crippen LogP contribution is -2.44. The molecular formula is C15H22N2O3. The van der Waals surface area contributed by atoms with Crippen molar-refractivity contribution in [1.82, 2.24) is 5.32 Å². The molecule has 0 unspecified atom stereocenters. The smallest absolute Gasteiger partial charge is 0.221 e. The third-order valence-corrected chi connectivity index (χ3v) is 3.48. The number of nitrogens with one attached hydrogen (secondary N) is 2. The molecule has 0 aliphatic carbocycles. The van der Waals surface area contributed by atoms with Crippen LogP contribution in [0.3, 0.4) is 0 Å². The topological polar surface area (TPSA) is 70.6 Å². The molecule has 0 atom stereocenters. The van der Waals surface area contributed by atoms with Crippen molar-refractivity contribution in [3.8, 4) is 0 Å². The van der Waals surface area contributed by atoms with Crippen LogP contribution in [0.2, 0.25) is 0 Å². The Morgan fingerprint density at radius 2 is 1.95 bits per heavy atom. The standard InChI is InChI=1S/C15H22N2O3/c1-12(18)17-14-4-2-13(3-5-14)10-16-11-15(19)6-8-20-9-7-15/h2-5,16,19H,6-11H2,1H3,(H,17,18). The third-order valence-electron chi connectivity index (χ3n) is 3.48. The Labute approximate surface area is 119 Å². The number of amides is 1. The largest absolute Gasteiger partial charge is 0.388 e. The first-order valence-corrected chi connectivity index (χ1v) is 6.95. The number of aliphatic hydroxyl groups is 1. The lowest BCUT2D eigenvalue weighted by molar-refractivity contribution is -0.114. The van der Waals surface area contributed by atoms with Crippen LogP contribution in [-0.4, -0.2) is 36.4 Å². The van der Waals surface area contributed by atoms with Gasteiger partial charge in [-0.25, -0.2) is 0 Å². The number of ether oxygens (including phenoxy) is 1. The van der Waals surface area contributed by atoms with Crippen LogP contribution in [0.5, 0.6) is 0 Å². The SMILES string of the molecule is CC(=O)Nc1ccc(CNCC2(O)CCOCC2)cc1. The summed E-state index contributed by atoms with van der Waals surface area (Å²) in [7, 11) is 0. The molecule has 20 heavy (non-hydrogen) atoms. The van der Waals surface area contributed by atoms with E-state index in [0.717, 1.165) is 11.3 Å². The molecule has 1 saturated heterocycles. The number of hydrogen-bond donors (Lipinski definition) is 3. The molecule has 0 spiro atoms. The van der Waals surface area contributed by atoms with E-state index >= 15 is 0 Å². The van der Waals surface area contributed by atoms with Gasteiger partial charge < -0.3 is 20.5 Å². The minimum atomic E-state index is -0.644. The number of anilines is 1. The zero-order valence-electron chi connectivity index (χ0n) is 11.8. The van der Waals surface area contributed by atoms with Crippen molar-refractivity contribution in [2.45, 2.75) is 31.9 Å². The lowest BCUT2D eigenvalue weighted by Gasteiger charge is -2.32. The Kier molecular flexibility index (Phi) is 5.11. The summed E-state index contributed by atoms with van der Waals surface area (Å²) in [4.78, 5) is 10.9. The first-order valence-electron chi connectivity index (χ1n) is 6.95. The normalized spacial score (nSPS) is 17.7.